The molecule has 0 bridgehead atoms. The van der Waals surface area contributed by atoms with Crippen LogP contribution in [0.1, 0.15) is 24.9 Å². The summed E-state index contributed by atoms with van der Waals surface area (Å²) in [5.74, 6) is -1.74. The van der Waals surface area contributed by atoms with Crippen molar-refractivity contribution in [2.75, 3.05) is 6.61 Å². The third-order valence-electron chi connectivity index (χ3n) is 2.11. The van der Waals surface area contributed by atoms with Gasteiger partial charge in [-0.15, -0.1) is 0 Å². The van der Waals surface area contributed by atoms with E-state index in [9.17, 15) is 14.3 Å². The summed E-state index contributed by atoms with van der Waals surface area (Å²) in [5, 5.41) is 9.40. The molecule has 0 heterocycles. The molecule has 1 rings (SSSR count). The monoisotopic (exact) mass is 227 g/mol. The van der Waals surface area contributed by atoms with Crippen LogP contribution in [0, 0.1) is 5.82 Å². The fraction of sp³-hybridized carbons (Fsp3) is 0.364. The number of nitrogens with two attached hydrogens (primary N) is 1. The fourth-order valence-corrected chi connectivity index (χ4v) is 1.34. The summed E-state index contributed by atoms with van der Waals surface area (Å²) >= 11 is 0. The molecule has 5 heteroatoms. The van der Waals surface area contributed by atoms with Gasteiger partial charge in [0, 0.05) is 11.6 Å². The zero-order valence-electron chi connectivity index (χ0n) is 8.94. The molecule has 0 aromatic heterocycles. The Labute approximate surface area is 92.8 Å². The van der Waals surface area contributed by atoms with Crippen molar-refractivity contribution in [1.82, 2.24) is 0 Å². The zero-order chi connectivity index (χ0) is 12.1. The molecule has 0 aliphatic carbocycles. The molecular formula is C11H14FNO3. The summed E-state index contributed by atoms with van der Waals surface area (Å²) in [5.41, 5.74) is 5.87. The Morgan fingerprint density at radius 2 is 2.31 bits per heavy atom. The minimum atomic E-state index is -0.769. The van der Waals surface area contributed by atoms with Gasteiger partial charge in [0.05, 0.1) is 13.0 Å². The van der Waals surface area contributed by atoms with Crippen LogP contribution >= 0.6 is 0 Å². The summed E-state index contributed by atoms with van der Waals surface area (Å²) in [6, 6.07) is 3.25. The van der Waals surface area contributed by atoms with E-state index in [2.05, 4.69) is 0 Å². The average Bonchev–Trinajstić information content (AvgIpc) is 2.22. The Kier molecular flexibility index (Phi) is 4.25. The van der Waals surface area contributed by atoms with Crippen LogP contribution in [0.3, 0.4) is 0 Å². The predicted octanol–water partition coefficient (Wildman–Crippen LogP) is 1.48. The number of halogens is 1. The Balaban J connectivity index is 2.76. The highest BCUT2D eigenvalue weighted by molar-refractivity contribution is 5.70. The molecule has 1 aromatic carbocycles. The quantitative estimate of drug-likeness (QED) is 0.764. The van der Waals surface area contributed by atoms with Crippen molar-refractivity contribution < 1.29 is 19.0 Å². The average molecular weight is 227 g/mol. The lowest BCUT2D eigenvalue weighted by atomic mass is 10.0. The third-order valence-corrected chi connectivity index (χ3v) is 2.11. The number of phenolic OH excluding ortho intramolecular Hbond substituents is 1. The van der Waals surface area contributed by atoms with E-state index < -0.39 is 23.6 Å². The van der Waals surface area contributed by atoms with Gasteiger partial charge in [0.15, 0.2) is 11.6 Å². The van der Waals surface area contributed by atoms with Gasteiger partial charge in [0.25, 0.3) is 0 Å². The Hall–Kier alpha value is -1.62. The van der Waals surface area contributed by atoms with E-state index in [1.54, 1.807) is 6.92 Å². The van der Waals surface area contributed by atoms with Crippen molar-refractivity contribution in [3.63, 3.8) is 0 Å². The molecular weight excluding hydrogens is 213 g/mol. The highest BCUT2D eigenvalue weighted by Gasteiger charge is 2.17. The number of carbonyl (C=O) groups is 1. The molecule has 0 unspecified atom stereocenters. The smallest absolute Gasteiger partial charge is 0.307 e. The maximum Gasteiger partial charge on any atom is 0.307 e. The summed E-state index contributed by atoms with van der Waals surface area (Å²) in [4.78, 5) is 11.1. The Morgan fingerprint density at radius 1 is 1.62 bits per heavy atom. The van der Waals surface area contributed by atoms with Crippen LogP contribution in [0.15, 0.2) is 18.2 Å². The molecule has 0 saturated carbocycles. The lowest BCUT2D eigenvalue weighted by Crippen LogP contribution is -2.17. The second-order valence-corrected chi connectivity index (χ2v) is 3.29. The van der Waals surface area contributed by atoms with Gasteiger partial charge in [0.2, 0.25) is 0 Å². The summed E-state index contributed by atoms with van der Waals surface area (Å²) < 4.78 is 17.7. The van der Waals surface area contributed by atoms with Crippen LogP contribution in [0.25, 0.3) is 0 Å². The Morgan fingerprint density at radius 3 is 2.94 bits per heavy atom. The molecule has 0 spiro atoms. The molecule has 0 aliphatic heterocycles. The summed E-state index contributed by atoms with van der Waals surface area (Å²) in [6.45, 7) is 1.95. The maximum absolute atomic E-state index is 13.0. The van der Waals surface area contributed by atoms with Crippen molar-refractivity contribution in [2.24, 2.45) is 5.73 Å². The molecule has 0 radical (unpaired) electrons. The normalized spacial score (nSPS) is 12.2. The standard InChI is InChI=1S/C11H14FNO3/c1-2-16-10(14)6-9(13)7-4-3-5-8(12)11(7)15/h3-5,9,15H,2,6,13H2,1H3/t9-/m0/s1. The number of phenols is 1. The number of ether oxygens (including phenoxy) is 1. The SMILES string of the molecule is CCOC(=O)C[C@H](N)c1cccc(F)c1O. The topological polar surface area (TPSA) is 72.5 Å². The lowest BCUT2D eigenvalue weighted by molar-refractivity contribution is -0.143. The third kappa shape index (κ3) is 2.93. The number of hydrogen-bond acceptors (Lipinski definition) is 4. The maximum atomic E-state index is 13.0. The van der Waals surface area contributed by atoms with Gasteiger partial charge in [-0.2, -0.15) is 0 Å². The van der Waals surface area contributed by atoms with Crippen LogP contribution in [-0.4, -0.2) is 17.7 Å². The molecule has 3 N–H and O–H groups in total. The first-order valence-electron chi connectivity index (χ1n) is 4.94. The number of carbonyl (C=O) groups excluding carboxylic acids is 1. The minimum absolute atomic E-state index is 0.0924. The van der Waals surface area contributed by atoms with E-state index in [-0.39, 0.29) is 18.6 Å². The van der Waals surface area contributed by atoms with E-state index in [1.165, 1.54) is 12.1 Å². The first kappa shape index (κ1) is 12.4. The van der Waals surface area contributed by atoms with E-state index >= 15 is 0 Å². The number of hydrogen-bond donors (Lipinski definition) is 2. The summed E-state index contributed by atoms with van der Waals surface area (Å²) in [7, 11) is 0. The van der Waals surface area contributed by atoms with E-state index in [4.69, 9.17) is 10.5 Å². The molecule has 0 fully saturated rings. The predicted molar refractivity (Wildman–Crippen MR) is 56.2 cm³/mol. The van der Waals surface area contributed by atoms with E-state index in [0.717, 1.165) is 6.07 Å². The van der Waals surface area contributed by atoms with Crippen molar-refractivity contribution in [3.8, 4) is 5.75 Å². The summed E-state index contributed by atoms with van der Waals surface area (Å²) in [6.07, 6.45) is -0.0924. The number of esters is 1. The van der Waals surface area contributed by atoms with Gasteiger partial charge >= 0.3 is 5.97 Å². The van der Waals surface area contributed by atoms with Gasteiger partial charge in [-0.25, -0.2) is 4.39 Å². The van der Waals surface area contributed by atoms with Gasteiger partial charge in [-0.05, 0) is 13.0 Å². The van der Waals surface area contributed by atoms with E-state index in [1.807, 2.05) is 0 Å². The number of aromatic hydroxyl groups is 1. The van der Waals surface area contributed by atoms with Gasteiger partial charge < -0.3 is 15.6 Å². The molecule has 0 aliphatic rings. The van der Waals surface area contributed by atoms with Crippen LogP contribution in [-0.2, 0) is 9.53 Å². The largest absolute Gasteiger partial charge is 0.505 e. The highest BCUT2D eigenvalue weighted by atomic mass is 19.1. The second-order valence-electron chi connectivity index (χ2n) is 3.29. The lowest BCUT2D eigenvalue weighted by Gasteiger charge is -2.12. The molecule has 1 aromatic rings. The number of benzene rings is 1. The van der Waals surface area contributed by atoms with Gasteiger partial charge in [-0.3, -0.25) is 4.79 Å². The van der Waals surface area contributed by atoms with Crippen LogP contribution in [0.5, 0.6) is 5.75 Å². The number of rotatable bonds is 4. The van der Waals surface area contributed by atoms with Gasteiger partial charge in [-0.1, -0.05) is 12.1 Å². The van der Waals surface area contributed by atoms with E-state index in [0.29, 0.717) is 0 Å². The van der Waals surface area contributed by atoms with Crippen LogP contribution in [0.2, 0.25) is 0 Å². The zero-order valence-corrected chi connectivity index (χ0v) is 8.94. The first-order chi connectivity index (χ1) is 7.56. The van der Waals surface area contributed by atoms with Crippen molar-refractivity contribution >= 4 is 5.97 Å². The van der Waals surface area contributed by atoms with Crippen molar-refractivity contribution in [3.05, 3.63) is 29.6 Å². The fourth-order valence-electron chi connectivity index (χ4n) is 1.34. The van der Waals surface area contributed by atoms with Crippen molar-refractivity contribution in [1.29, 1.82) is 0 Å². The van der Waals surface area contributed by atoms with Crippen LogP contribution in [0.4, 0.5) is 4.39 Å². The molecule has 1 atom stereocenters. The first-order valence-corrected chi connectivity index (χ1v) is 4.94. The Bertz CT molecular complexity index is 381. The van der Waals surface area contributed by atoms with Gasteiger partial charge in [0.1, 0.15) is 0 Å². The molecule has 16 heavy (non-hydrogen) atoms. The molecule has 88 valence electrons. The molecule has 4 nitrogen and oxygen atoms in total. The molecule has 0 saturated heterocycles. The highest BCUT2D eigenvalue weighted by Crippen LogP contribution is 2.27. The molecule has 0 amide bonds. The van der Waals surface area contributed by atoms with Crippen LogP contribution < -0.4 is 5.73 Å². The van der Waals surface area contributed by atoms with Crippen molar-refractivity contribution in [2.45, 2.75) is 19.4 Å². The minimum Gasteiger partial charge on any atom is -0.505 e. The number of para-hydroxylation sites is 1. The second kappa shape index (κ2) is 5.46.